The third-order valence-corrected chi connectivity index (χ3v) is 4.15. The predicted octanol–water partition coefficient (Wildman–Crippen LogP) is 0.819. The summed E-state index contributed by atoms with van der Waals surface area (Å²) in [6.07, 6.45) is -0.848. The quantitative estimate of drug-likeness (QED) is 0.633. The van der Waals surface area contributed by atoms with Gasteiger partial charge in [-0.05, 0) is 26.3 Å². The maximum atomic E-state index is 12.7. The number of esters is 1. The molecule has 1 aromatic rings. The molecule has 2 rings (SSSR count). The molecule has 0 unspecified atom stereocenters. The second-order valence-corrected chi connectivity index (χ2v) is 6.93. The van der Waals surface area contributed by atoms with Crippen LogP contribution in [0, 0.1) is 0 Å². The second-order valence-electron chi connectivity index (χ2n) is 6.93. The van der Waals surface area contributed by atoms with E-state index in [9.17, 15) is 14.7 Å². The Labute approximate surface area is 136 Å². The molecular formula is C17H24N2O4. The number of rotatable bonds is 4. The molecule has 3 N–H and O–H groups in total. The predicted molar refractivity (Wildman–Crippen MR) is 85.2 cm³/mol. The lowest BCUT2D eigenvalue weighted by Crippen LogP contribution is -2.64. The van der Waals surface area contributed by atoms with E-state index >= 15 is 0 Å². The molecule has 0 radical (unpaired) electrons. The van der Waals surface area contributed by atoms with Crippen molar-refractivity contribution in [3.05, 3.63) is 35.9 Å². The average molecular weight is 320 g/mol. The van der Waals surface area contributed by atoms with Crippen molar-refractivity contribution in [2.75, 3.05) is 6.54 Å². The average Bonchev–Trinajstić information content (AvgIpc) is 2.85. The first-order valence-electron chi connectivity index (χ1n) is 7.65. The molecule has 1 fully saturated rings. The Morgan fingerprint density at radius 1 is 1.35 bits per heavy atom. The summed E-state index contributed by atoms with van der Waals surface area (Å²) in [5.74, 6) is -1.50. The summed E-state index contributed by atoms with van der Waals surface area (Å²) in [7, 11) is 0. The fourth-order valence-electron chi connectivity index (χ4n) is 3.10. The van der Waals surface area contributed by atoms with E-state index in [2.05, 4.69) is 0 Å². The van der Waals surface area contributed by atoms with E-state index in [0.717, 1.165) is 5.56 Å². The van der Waals surface area contributed by atoms with Gasteiger partial charge in [-0.3, -0.25) is 9.69 Å². The SMILES string of the molecule is CC(C)(C)N1C[C@@H](O)C[C@]1(C(N)=O)C(=O)OCc1ccccc1. The highest BCUT2D eigenvalue weighted by Crippen LogP contribution is 2.37. The van der Waals surface area contributed by atoms with Crippen molar-refractivity contribution in [2.24, 2.45) is 5.73 Å². The Morgan fingerprint density at radius 3 is 2.48 bits per heavy atom. The van der Waals surface area contributed by atoms with Crippen molar-refractivity contribution >= 4 is 11.9 Å². The minimum absolute atomic E-state index is 0.0484. The lowest BCUT2D eigenvalue weighted by atomic mass is 9.90. The number of carbonyl (C=O) groups excluding carboxylic acids is 2. The number of β-amino-alcohol motifs (C(OH)–C–C–N with tert-alkyl or cyclic N) is 1. The van der Waals surface area contributed by atoms with Crippen LogP contribution in [0.2, 0.25) is 0 Å². The van der Waals surface area contributed by atoms with Crippen LogP contribution in [0.15, 0.2) is 30.3 Å². The summed E-state index contributed by atoms with van der Waals surface area (Å²) < 4.78 is 5.36. The summed E-state index contributed by atoms with van der Waals surface area (Å²) >= 11 is 0. The first-order valence-corrected chi connectivity index (χ1v) is 7.65. The smallest absolute Gasteiger partial charge is 0.336 e. The molecule has 0 saturated carbocycles. The van der Waals surface area contributed by atoms with Gasteiger partial charge in [0.15, 0.2) is 0 Å². The number of nitrogens with two attached hydrogens (primary N) is 1. The second kappa shape index (κ2) is 6.29. The molecule has 1 aliphatic heterocycles. The van der Waals surface area contributed by atoms with Crippen molar-refractivity contribution in [1.82, 2.24) is 4.90 Å². The van der Waals surface area contributed by atoms with Crippen molar-refractivity contribution in [3.8, 4) is 0 Å². The Bertz CT molecular complexity index is 582. The van der Waals surface area contributed by atoms with Gasteiger partial charge in [-0.15, -0.1) is 0 Å². The van der Waals surface area contributed by atoms with Gasteiger partial charge < -0.3 is 15.6 Å². The molecule has 1 aromatic carbocycles. The lowest BCUT2D eigenvalue weighted by Gasteiger charge is -2.41. The van der Waals surface area contributed by atoms with E-state index in [-0.39, 0.29) is 19.6 Å². The summed E-state index contributed by atoms with van der Waals surface area (Å²) in [6, 6.07) is 9.21. The Kier molecular flexibility index (Phi) is 4.77. The van der Waals surface area contributed by atoms with Gasteiger partial charge in [-0.1, -0.05) is 30.3 Å². The summed E-state index contributed by atoms with van der Waals surface area (Å²) in [5.41, 5.74) is 4.23. The van der Waals surface area contributed by atoms with Crippen LogP contribution in [0.5, 0.6) is 0 Å². The summed E-state index contributed by atoms with van der Waals surface area (Å²) in [5, 5.41) is 10.0. The van der Waals surface area contributed by atoms with E-state index in [0.29, 0.717) is 0 Å². The number of aliphatic hydroxyl groups excluding tert-OH is 1. The highest BCUT2D eigenvalue weighted by atomic mass is 16.5. The van der Waals surface area contributed by atoms with Crippen LogP contribution >= 0.6 is 0 Å². The molecule has 6 heteroatoms. The number of hydrogen-bond donors (Lipinski definition) is 2. The third kappa shape index (κ3) is 3.38. The first kappa shape index (κ1) is 17.4. The number of likely N-dealkylation sites (tertiary alicyclic amines) is 1. The molecule has 126 valence electrons. The van der Waals surface area contributed by atoms with Crippen LogP contribution in [-0.4, -0.2) is 45.6 Å². The van der Waals surface area contributed by atoms with Gasteiger partial charge in [0, 0.05) is 18.5 Å². The molecule has 0 spiro atoms. The van der Waals surface area contributed by atoms with Gasteiger partial charge in [0.1, 0.15) is 6.61 Å². The number of ether oxygens (including phenoxy) is 1. The standard InChI is InChI=1S/C17H24N2O4/c1-16(2,3)19-10-13(20)9-17(19,14(18)21)15(22)23-11-12-7-5-4-6-8-12/h4-8,13,20H,9-11H2,1-3H3,(H2,18,21)/t13-,17-/m0/s1. The molecule has 1 heterocycles. The van der Waals surface area contributed by atoms with Crippen molar-refractivity contribution < 1.29 is 19.4 Å². The fraction of sp³-hybridized carbons (Fsp3) is 0.529. The molecule has 6 nitrogen and oxygen atoms in total. The number of nitrogens with zero attached hydrogens (tertiary/aromatic N) is 1. The summed E-state index contributed by atoms with van der Waals surface area (Å²) in [4.78, 5) is 26.5. The molecule has 0 aromatic heterocycles. The van der Waals surface area contributed by atoms with Gasteiger partial charge in [-0.2, -0.15) is 0 Å². The molecule has 23 heavy (non-hydrogen) atoms. The number of benzene rings is 1. The largest absolute Gasteiger partial charge is 0.459 e. The van der Waals surface area contributed by atoms with Gasteiger partial charge in [0.2, 0.25) is 11.4 Å². The van der Waals surface area contributed by atoms with E-state index in [1.807, 2.05) is 51.1 Å². The molecule has 1 saturated heterocycles. The van der Waals surface area contributed by atoms with Gasteiger partial charge >= 0.3 is 5.97 Å². The molecular weight excluding hydrogens is 296 g/mol. The Morgan fingerprint density at radius 2 is 1.96 bits per heavy atom. The molecule has 1 amide bonds. The van der Waals surface area contributed by atoms with Crippen LogP contribution < -0.4 is 5.73 Å². The van der Waals surface area contributed by atoms with Crippen LogP contribution in [0.4, 0.5) is 0 Å². The van der Waals surface area contributed by atoms with Crippen molar-refractivity contribution in [1.29, 1.82) is 0 Å². The van der Waals surface area contributed by atoms with Crippen LogP contribution in [0.25, 0.3) is 0 Å². The number of carbonyl (C=O) groups is 2. The first-order chi connectivity index (χ1) is 10.7. The van der Waals surface area contributed by atoms with Crippen LogP contribution in [0.3, 0.4) is 0 Å². The third-order valence-electron chi connectivity index (χ3n) is 4.15. The molecule has 2 atom stereocenters. The number of hydrogen-bond acceptors (Lipinski definition) is 5. The van der Waals surface area contributed by atoms with Crippen molar-refractivity contribution in [2.45, 2.75) is 51.0 Å². The van der Waals surface area contributed by atoms with Gasteiger partial charge in [0.25, 0.3) is 0 Å². The number of aliphatic hydroxyl groups is 1. The van der Waals surface area contributed by atoms with Gasteiger partial charge in [0.05, 0.1) is 6.10 Å². The van der Waals surface area contributed by atoms with E-state index in [1.165, 1.54) is 0 Å². The topological polar surface area (TPSA) is 92.9 Å². The maximum Gasteiger partial charge on any atom is 0.336 e. The minimum atomic E-state index is -1.63. The molecule has 0 aliphatic carbocycles. The minimum Gasteiger partial charge on any atom is -0.459 e. The van der Waals surface area contributed by atoms with Crippen LogP contribution in [-0.2, 0) is 20.9 Å². The lowest BCUT2D eigenvalue weighted by molar-refractivity contribution is -0.166. The Balaban J connectivity index is 2.25. The van der Waals surface area contributed by atoms with E-state index < -0.39 is 29.1 Å². The van der Waals surface area contributed by atoms with E-state index in [1.54, 1.807) is 4.90 Å². The zero-order valence-electron chi connectivity index (χ0n) is 13.8. The maximum absolute atomic E-state index is 12.7. The zero-order chi connectivity index (χ0) is 17.3. The monoisotopic (exact) mass is 320 g/mol. The highest BCUT2D eigenvalue weighted by molar-refractivity contribution is 6.07. The Hall–Kier alpha value is -1.92. The number of amides is 1. The van der Waals surface area contributed by atoms with Crippen molar-refractivity contribution in [3.63, 3.8) is 0 Å². The molecule has 0 bridgehead atoms. The highest BCUT2D eigenvalue weighted by Gasteiger charge is 2.59. The fourth-order valence-corrected chi connectivity index (χ4v) is 3.10. The van der Waals surface area contributed by atoms with E-state index in [4.69, 9.17) is 10.5 Å². The van der Waals surface area contributed by atoms with Crippen LogP contribution in [0.1, 0.15) is 32.8 Å². The summed E-state index contributed by atoms with van der Waals surface area (Å²) in [6.45, 7) is 5.86. The zero-order valence-corrected chi connectivity index (χ0v) is 13.8. The van der Waals surface area contributed by atoms with Gasteiger partial charge in [-0.25, -0.2) is 4.79 Å². The normalized spacial score (nSPS) is 25.3. The molecule has 1 aliphatic rings. The number of primary amides is 1.